The van der Waals surface area contributed by atoms with Crippen LogP contribution in [-0.4, -0.2) is 49.0 Å². The quantitative estimate of drug-likeness (QED) is 0.107. The molecule has 0 aliphatic carbocycles. The number of rotatable bonds is 10. The molecule has 0 fully saturated rings. The lowest BCUT2D eigenvalue weighted by Crippen LogP contribution is -2.47. The molecule has 0 radical (unpaired) electrons. The number of sulfonamides is 1. The summed E-state index contributed by atoms with van der Waals surface area (Å²) in [5.41, 5.74) is -0.841. The highest BCUT2D eigenvalue weighted by Crippen LogP contribution is 2.32. The van der Waals surface area contributed by atoms with Crippen molar-refractivity contribution in [3.05, 3.63) is 88.0 Å². The number of esters is 2. The van der Waals surface area contributed by atoms with Gasteiger partial charge in [-0.3, -0.25) is 0 Å². The predicted molar refractivity (Wildman–Crippen MR) is 129 cm³/mol. The lowest BCUT2D eigenvalue weighted by atomic mass is 10.2. The van der Waals surface area contributed by atoms with Crippen molar-refractivity contribution in [2.45, 2.75) is 24.8 Å². The molecule has 3 aromatic carbocycles. The number of hydrogen-bond donors (Lipinski definition) is 1. The second-order valence-corrected chi connectivity index (χ2v) is 11.1. The Hall–Kier alpha value is -4.23. The fourth-order valence-corrected chi connectivity index (χ4v) is 5.30. The van der Waals surface area contributed by atoms with Crippen LogP contribution in [0.15, 0.2) is 29.2 Å². The van der Waals surface area contributed by atoms with E-state index in [4.69, 9.17) is 0 Å². The number of halogens is 10. The average Bonchev–Trinajstić information content (AvgIpc) is 3.02. The van der Waals surface area contributed by atoms with Crippen LogP contribution in [0.25, 0.3) is 0 Å². The highest BCUT2D eigenvalue weighted by atomic mass is 32.2. The van der Waals surface area contributed by atoms with E-state index < -0.39 is 127 Å². The van der Waals surface area contributed by atoms with Gasteiger partial charge in [-0.25, -0.2) is 44.3 Å². The Morgan fingerprint density at radius 3 is 1.60 bits per heavy atom. The first-order valence-electron chi connectivity index (χ1n) is 12.1. The van der Waals surface area contributed by atoms with Crippen molar-refractivity contribution in [1.82, 2.24) is 4.31 Å². The van der Waals surface area contributed by atoms with Gasteiger partial charge in [-0.1, -0.05) is 13.0 Å². The third-order valence-corrected chi connectivity index (χ3v) is 7.92. The lowest BCUT2D eigenvalue weighted by molar-refractivity contribution is -0.138. The number of carbonyl (C=O) groups excluding carboxylic acids is 2. The van der Waals surface area contributed by atoms with Gasteiger partial charge < -0.3 is 14.6 Å². The molecule has 19 heteroatoms. The fourth-order valence-electron chi connectivity index (χ4n) is 3.55. The molecule has 0 amide bonds. The first kappa shape index (κ1) is 35.3. The van der Waals surface area contributed by atoms with Gasteiger partial charge in [0.2, 0.25) is 79.7 Å². The van der Waals surface area contributed by atoms with E-state index in [0.717, 1.165) is 25.1 Å². The summed E-state index contributed by atoms with van der Waals surface area (Å²) in [6.45, 7) is 0.574. The van der Waals surface area contributed by atoms with Gasteiger partial charge in [0.05, 0.1) is 10.5 Å². The molecule has 0 bridgehead atoms. The topological polar surface area (TPSA) is 110 Å². The van der Waals surface area contributed by atoms with Crippen LogP contribution in [-0.2, 0) is 14.8 Å². The minimum absolute atomic E-state index is 0.261. The molecule has 1 unspecified atom stereocenters. The molecule has 0 saturated carbocycles. The Morgan fingerprint density at radius 1 is 0.733 bits per heavy atom. The predicted octanol–water partition coefficient (Wildman–Crippen LogP) is 4.91. The number of aliphatic hydroxyl groups is 1. The van der Waals surface area contributed by atoms with Crippen LogP contribution in [0.4, 0.5) is 43.9 Å². The van der Waals surface area contributed by atoms with E-state index in [-0.39, 0.29) is 4.31 Å². The second kappa shape index (κ2) is 13.4. The maximum absolute atomic E-state index is 14.1. The Bertz CT molecular complexity index is 1730. The maximum Gasteiger partial charge on any atom is 0.343 e. The molecule has 0 aliphatic rings. The monoisotopic (exact) mass is 677 g/mol. The first-order valence-corrected chi connectivity index (χ1v) is 13.5. The molecule has 0 heterocycles. The van der Waals surface area contributed by atoms with Crippen molar-refractivity contribution in [3.8, 4) is 11.5 Å². The maximum atomic E-state index is 14.1. The van der Waals surface area contributed by atoms with Gasteiger partial charge in [-0.2, -0.15) is 21.9 Å². The summed E-state index contributed by atoms with van der Waals surface area (Å²) in [6, 6.07) is 0.816. The molecule has 45 heavy (non-hydrogen) atoms. The molecule has 0 spiro atoms. The van der Waals surface area contributed by atoms with E-state index in [0.29, 0.717) is 6.07 Å². The van der Waals surface area contributed by atoms with Crippen molar-refractivity contribution >= 4 is 22.0 Å². The Balaban J connectivity index is 2.00. The van der Waals surface area contributed by atoms with Gasteiger partial charge in [-0.15, -0.1) is 0 Å². The smallest absolute Gasteiger partial charge is 0.343 e. The van der Waals surface area contributed by atoms with Crippen LogP contribution >= 0.6 is 0 Å². The average molecular weight is 677 g/mol. The summed E-state index contributed by atoms with van der Waals surface area (Å²) < 4.78 is 173. The largest absolute Gasteiger partial charge is 0.419 e. The first-order chi connectivity index (χ1) is 20.9. The van der Waals surface area contributed by atoms with Crippen LogP contribution < -0.4 is 9.47 Å². The SMILES string of the molecule is CC(CO)CN([C@@H](C)C(=O)Oc1c(F)c(F)c(F)c(F)c1F)S(=O)(=O)c1cccc(C(=O)Oc2c(F)c(F)c(F)c(F)c2F)c1. The highest BCUT2D eigenvalue weighted by molar-refractivity contribution is 7.89. The number of ether oxygens (including phenoxy) is 2. The van der Waals surface area contributed by atoms with Gasteiger partial charge >= 0.3 is 11.9 Å². The van der Waals surface area contributed by atoms with Gasteiger partial charge in [0, 0.05) is 13.2 Å². The molecule has 1 N–H and O–H groups in total. The summed E-state index contributed by atoms with van der Waals surface area (Å²) in [4.78, 5) is 24.4. The van der Waals surface area contributed by atoms with E-state index in [9.17, 15) is 67.0 Å². The zero-order chi connectivity index (χ0) is 34.1. The number of hydrogen-bond acceptors (Lipinski definition) is 7. The van der Waals surface area contributed by atoms with Crippen molar-refractivity contribution in [3.63, 3.8) is 0 Å². The van der Waals surface area contributed by atoms with E-state index in [1.165, 1.54) is 6.92 Å². The van der Waals surface area contributed by atoms with E-state index >= 15 is 0 Å². The third-order valence-electron chi connectivity index (χ3n) is 5.99. The molecule has 0 aromatic heterocycles. The highest BCUT2D eigenvalue weighted by Gasteiger charge is 2.38. The molecular formula is C26H17F10NO7S. The van der Waals surface area contributed by atoms with Crippen molar-refractivity contribution in [1.29, 1.82) is 0 Å². The summed E-state index contributed by atoms with van der Waals surface area (Å²) in [5, 5.41) is 9.44. The molecule has 8 nitrogen and oxygen atoms in total. The van der Waals surface area contributed by atoms with Crippen molar-refractivity contribution in [2.24, 2.45) is 5.92 Å². The second-order valence-electron chi connectivity index (χ2n) is 9.17. The van der Waals surface area contributed by atoms with Gasteiger partial charge in [0.25, 0.3) is 0 Å². The standard InChI is InChI=1S/C26H17F10NO7S/c1-9(8-38)7-37(10(2)25(39)43-23-19(33)15(29)13(27)16(30)20(23)34)45(41,42)12-5-3-4-11(6-12)26(40)44-24-21(35)17(31)14(28)18(32)22(24)36/h3-6,9-10,38H,7-8H2,1-2H3/t9?,10-/m0/s1. The minimum atomic E-state index is -5.05. The van der Waals surface area contributed by atoms with Crippen LogP contribution in [0.2, 0.25) is 0 Å². The number of benzene rings is 3. The third kappa shape index (κ3) is 6.74. The molecular weight excluding hydrogens is 660 g/mol. The van der Waals surface area contributed by atoms with Crippen LogP contribution in [0.5, 0.6) is 11.5 Å². The van der Waals surface area contributed by atoms with Crippen LogP contribution in [0.3, 0.4) is 0 Å². The number of nitrogens with zero attached hydrogens (tertiary/aromatic N) is 1. The van der Waals surface area contributed by atoms with Gasteiger partial charge in [-0.05, 0) is 31.0 Å². The normalized spacial score (nSPS) is 13.1. The number of carbonyl (C=O) groups is 2. The lowest BCUT2D eigenvalue weighted by Gasteiger charge is -2.29. The summed E-state index contributed by atoms with van der Waals surface area (Å²) in [6.07, 6.45) is 0. The van der Waals surface area contributed by atoms with E-state index in [2.05, 4.69) is 9.47 Å². The minimum Gasteiger partial charge on any atom is -0.419 e. The molecule has 3 aromatic rings. The van der Waals surface area contributed by atoms with E-state index in [1.807, 2.05) is 0 Å². The zero-order valence-corrected chi connectivity index (χ0v) is 23.2. The summed E-state index contributed by atoms with van der Waals surface area (Å²) >= 11 is 0. The molecule has 244 valence electrons. The van der Waals surface area contributed by atoms with Gasteiger partial charge in [0.15, 0.2) is 0 Å². The van der Waals surface area contributed by atoms with Crippen LogP contribution in [0.1, 0.15) is 24.2 Å². The fraction of sp³-hybridized carbons (Fsp3) is 0.231. The van der Waals surface area contributed by atoms with Gasteiger partial charge in [0.1, 0.15) is 6.04 Å². The Kier molecular flexibility index (Phi) is 10.5. The molecule has 2 atom stereocenters. The van der Waals surface area contributed by atoms with Crippen LogP contribution in [0, 0.1) is 64.1 Å². The molecule has 0 aliphatic heterocycles. The Labute approximate surface area is 246 Å². The van der Waals surface area contributed by atoms with E-state index in [1.54, 1.807) is 0 Å². The summed E-state index contributed by atoms with van der Waals surface area (Å²) in [5.74, 6) is -33.8. The molecule has 0 saturated heterocycles. The van der Waals surface area contributed by atoms with Crippen molar-refractivity contribution < 1.29 is 76.5 Å². The molecule has 3 rings (SSSR count). The summed E-state index contributed by atoms with van der Waals surface area (Å²) in [7, 11) is -5.05. The van der Waals surface area contributed by atoms with Crippen molar-refractivity contribution in [2.75, 3.05) is 13.2 Å². The Morgan fingerprint density at radius 2 is 1.16 bits per heavy atom. The number of aliphatic hydroxyl groups excluding tert-OH is 1. The zero-order valence-electron chi connectivity index (χ0n) is 22.4.